The Morgan fingerprint density at radius 2 is 1.70 bits per heavy atom. The lowest BCUT2D eigenvalue weighted by Crippen LogP contribution is -2.46. The fraction of sp³-hybridized carbons (Fsp3) is 0.406. The van der Waals surface area contributed by atoms with Crippen LogP contribution in [-0.4, -0.2) is 49.4 Å². The highest BCUT2D eigenvalue weighted by atomic mass is 35.5. The molecule has 46 heavy (non-hydrogen) atoms. The Hall–Kier alpha value is -3.32. The lowest BCUT2D eigenvalue weighted by molar-refractivity contribution is 0.0480. The Morgan fingerprint density at radius 3 is 2.28 bits per heavy atom. The minimum absolute atomic E-state index is 0.00738. The molecule has 0 fully saturated rings. The van der Waals surface area contributed by atoms with E-state index in [1.165, 1.54) is 29.1 Å². The number of allylic oxidation sites excluding steroid dienone is 1. The lowest BCUT2D eigenvalue weighted by atomic mass is 9.80. The van der Waals surface area contributed by atoms with Crippen molar-refractivity contribution in [1.29, 1.82) is 0 Å². The SMILES string of the molecule is CC(C)(C)OC(=O)N[C@@H]1CCC=C(c2ccc(Cl)cc2)C1COc1ccc(S(=O)(=O)N(C(=O)OC(C)(C)C)c2cscn2)cc1Cl. The number of ether oxygens (including phenoxy) is 3. The van der Waals surface area contributed by atoms with E-state index in [1.54, 1.807) is 53.7 Å². The molecule has 3 aromatic rings. The van der Waals surface area contributed by atoms with Gasteiger partial charge in [-0.15, -0.1) is 15.6 Å². The van der Waals surface area contributed by atoms with Gasteiger partial charge in [-0.25, -0.2) is 23.0 Å². The number of carbonyl (C=O) groups is 2. The van der Waals surface area contributed by atoms with Crippen LogP contribution in [0.3, 0.4) is 0 Å². The molecule has 4 rings (SSSR count). The Bertz CT molecular complexity index is 1680. The summed E-state index contributed by atoms with van der Waals surface area (Å²) in [5, 5.41) is 5.03. The second-order valence-corrected chi connectivity index (χ2v) is 16.0. The number of rotatable bonds is 8. The average molecular weight is 711 g/mol. The van der Waals surface area contributed by atoms with E-state index in [4.69, 9.17) is 37.4 Å². The maximum atomic E-state index is 13.7. The van der Waals surface area contributed by atoms with E-state index in [1.807, 2.05) is 12.1 Å². The predicted octanol–water partition coefficient (Wildman–Crippen LogP) is 8.35. The highest BCUT2D eigenvalue weighted by Crippen LogP contribution is 2.36. The number of carbonyl (C=O) groups excluding carboxylic acids is 2. The number of aromatic nitrogens is 1. The van der Waals surface area contributed by atoms with E-state index >= 15 is 0 Å². The molecule has 248 valence electrons. The quantitative estimate of drug-likeness (QED) is 0.248. The molecule has 1 aliphatic rings. The molecule has 2 amide bonds. The summed E-state index contributed by atoms with van der Waals surface area (Å²) in [4.78, 5) is 29.6. The van der Waals surface area contributed by atoms with Crippen molar-refractivity contribution in [3.05, 3.63) is 75.0 Å². The van der Waals surface area contributed by atoms with Crippen LogP contribution >= 0.6 is 34.5 Å². The zero-order valence-electron chi connectivity index (χ0n) is 26.4. The molecule has 1 N–H and O–H groups in total. The third-order valence-corrected chi connectivity index (χ3v) is 9.44. The van der Waals surface area contributed by atoms with Gasteiger partial charge in [-0.3, -0.25) is 0 Å². The van der Waals surface area contributed by atoms with Gasteiger partial charge < -0.3 is 19.5 Å². The molecule has 0 bridgehead atoms. The summed E-state index contributed by atoms with van der Waals surface area (Å²) >= 11 is 13.8. The fourth-order valence-electron chi connectivity index (χ4n) is 4.77. The number of anilines is 1. The number of amides is 2. The number of nitrogens with zero attached hydrogens (tertiary/aromatic N) is 2. The maximum Gasteiger partial charge on any atom is 0.430 e. The van der Waals surface area contributed by atoms with E-state index in [0.29, 0.717) is 15.7 Å². The zero-order chi connectivity index (χ0) is 33.9. The van der Waals surface area contributed by atoms with Crippen molar-refractivity contribution < 1.29 is 32.2 Å². The van der Waals surface area contributed by atoms with Gasteiger partial charge in [-0.2, -0.15) is 0 Å². The first-order chi connectivity index (χ1) is 21.4. The Kier molecular flexibility index (Phi) is 11.0. The van der Waals surface area contributed by atoms with Gasteiger partial charge in [0.05, 0.1) is 22.0 Å². The van der Waals surface area contributed by atoms with Crippen molar-refractivity contribution in [3.8, 4) is 5.75 Å². The van der Waals surface area contributed by atoms with Crippen LogP contribution in [0.25, 0.3) is 5.57 Å². The standard InChI is InChI=1S/C32H37Cl2N3O7S2/c1-31(2,3)43-29(38)36-26-9-7-8-23(20-10-12-21(33)13-11-20)24(26)17-42-27-15-14-22(16-25(27)34)46(40,41)37(28-18-45-19-35-28)30(39)44-32(4,5)6/h8,10-16,18-19,24,26H,7,9,17H2,1-6H3,(H,36,38)/t24?,26-/m1/s1. The third kappa shape index (κ3) is 9.15. The largest absolute Gasteiger partial charge is 0.491 e. The van der Waals surface area contributed by atoms with Crippen molar-refractivity contribution in [1.82, 2.24) is 10.3 Å². The predicted molar refractivity (Wildman–Crippen MR) is 180 cm³/mol. The summed E-state index contributed by atoms with van der Waals surface area (Å²) in [5.41, 5.74) is 1.66. The van der Waals surface area contributed by atoms with Gasteiger partial charge in [0.1, 0.15) is 17.0 Å². The smallest absolute Gasteiger partial charge is 0.430 e. The van der Waals surface area contributed by atoms with Crippen LogP contribution in [0.5, 0.6) is 5.75 Å². The fourth-order valence-corrected chi connectivity index (χ4v) is 7.08. The molecule has 1 heterocycles. The summed E-state index contributed by atoms with van der Waals surface area (Å²) in [6.45, 7) is 10.4. The summed E-state index contributed by atoms with van der Waals surface area (Å²) in [5.74, 6) is -0.192. The molecule has 0 spiro atoms. The van der Waals surface area contributed by atoms with Crippen LogP contribution < -0.4 is 14.4 Å². The number of benzene rings is 2. The molecule has 0 aliphatic heterocycles. The van der Waals surface area contributed by atoms with Crippen LogP contribution in [0.1, 0.15) is 59.9 Å². The minimum atomic E-state index is -4.47. The van der Waals surface area contributed by atoms with Gasteiger partial charge in [0.15, 0.2) is 5.82 Å². The molecule has 10 nitrogen and oxygen atoms in total. The number of thiazole rings is 1. The molecule has 1 unspecified atom stereocenters. The number of alkyl carbamates (subject to hydrolysis) is 1. The van der Waals surface area contributed by atoms with Crippen molar-refractivity contribution in [2.45, 2.75) is 76.5 Å². The van der Waals surface area contributed by atoms with Crippen molar-refractivity contribution >= 4 is 68.1 Å². The second-order valence-electron chi connectivity index (χ2n) is 12.6. The molecule has 1 aliphatic carbocycles. The topological polar surface area (TPSA) is 124 Å². The van der Waals surface area contributed by atoms with E-state index < -0.39 is 33.4 Å². The van der Waals surface area contributed by atoms with Gasteiger partial charge in [0.2, 0.25) is 0 Å². The second kappa shape index (κ2) is 14.2. The van der Waals surface area contributed by atoms with Crippen LogP contribution in [0.4, 0.5) is 15.4 Å². The molecule has 14 heteroatoms. The molecule has 2 aromatic carbocycles. The number of halogens is 2. The van der Waals surface area contributed by atoms with Gasteiger partial charge in [-0.05, 0) is 95.9 Å². The monoisotopic (exact) mass is 709 g/mol. The molecule has 2 atom stereocenters. The van der Waals surface area contributed by atoms with Crippen LogP contribution in [0, 0.1) is 5.92 Å². The Balaban J connectivity index is 1.60. The normalized spacial score (nSPS) is 17.1. The lowest BCUT2D eigenvalue weighted by Gasteiger charge is -2.34. The molecule has 0 saturated heterocycles. The highest BCUT2D eigenvalue weighted by Gasteiger charge is 2.37. The van der Waals surface area contributed by atoms with E-state index in [2.05, 4.69) is 16.4 Å². The minimum Gasteiger partial charge on any atom is -0.491 e. The van der Waals surface area contributed by atoms with E-state index in [9.17, 15) is 18.0 Å². The first-order valence-corrected chi connectivity index (χ1v) is 17.6. The number of hydrogen-bond donors (Lipinski definition) is 1. The average Bonchev–Trinajstić information content (AvgIpc) is 3.45. The van der Waals surface area contributed by atoms with Crippen molar-refractivity contribution in [3.63, 3.8) is 0 Å². The maximum absolute atomic E-state index is 13.7. The highest BCUT2D eigenvalue weighted by molar-refractivity contribution is 7.93. The van der Waals surface area contributed by atoms with Crippen LogP contribution in [-0.2, 0) is 19.5 Å². The van der Waals surface area contributed by atoms with E-state index in [-0.39, 0.29) is 40.1 Å². The molecule has 0 saturated carbocycles. The summed E-state index contributed by atoms with van der Waals surface area (Å²) < 4.78 is 45.0. The summed E-state index contributed by atoms with van der Waals surface area (Å²) in [6.07, 6.45) is 1.83. The van der Waals surface area contributed by atoms with Gasteiger partial charge in [0.25, 0.3) is 10.0 Å². The van der Waals surface area contributed by atoms with Gasteiger partial charge in [-0.1, -0.05) is 41.4 Å². The van der Waals surface area contributed by atoms with Crippen LogP contribution in [0.2, 0.25) is 10.0 Å². The number of nitrogens with one attached hydrogen (secondary N) is 1. The number of sulfonamides is 1. The summed E-state index contributed by atoms with van der Waals surface area (Å²) in [7, 11) is -4.47. The zero-order valence-corrected chi connectivity index (χ0v) is 29.5. The van der Waals surface area contributed by atoms with Crippen molar-refractivity contribution in [2.24, 2.45) is 5.92 Å². The van der Waals surface area contributed by atoms with Crippen molar-refractivity contribution in [2.75, 3.05) is 10.9 Å². The first-order valence-electron chi connectivity index (χ1n) is 14.5. The molecular formula is C32H37Cl2N3O7S2. The molecule has 0 radical (unpaired) electrons. The first kappa shape index (κ1) is 35.5. The molecular weight excluding hydrogens is 673 g/mol. The van der Waals surface area contributed by atoms with Gasteiger partial charge in [0, 0.05) is 22.4 Å². The van der Waals surface area contributed by atoms with E-state index in [0.717, 1.165) is 28.9 Å². The Labute approximate surface area is 283 Å². The summed E-state index contributed by atoms with van der Waals surface area (Å²) in [6, 6.07) is 11.0. The molecule has 1 aromatic heterocycles. The number of hydrogen-bond acceptors (Lipinski definition) is 9. The third-order valence-electron chi connectivity index (χ3n) is 6.65. The van der Waals surface area contributed by atoms with Crippen LogP contribution in [0.15, 0.2) is 64.3 Å². The van der Waals surface area contributed by atoms with Gasteiger partial charge >= 0.3 is 12.2 Å². The Morgan fingerprint density at radius 1 is 1.02 bits per heavy atom.